The van der Waals surface area contributed by atoms with E-state index in [1.165, 1.54) is 0 Å². The van der Waals surface area contributed by atoms with E-state index in [0.29, 0.717) is 12.1 Å². The quantitative estimate of drug-likeness (QED) is 0.727. The molecule has 0 fully saturated rings. The van der Waals surface area contributed by atoms with E-state index in [4.69, 9.17) is 15.6 Å². The highest BCUT2D eigenvalue weighted by atomic mass is 16.4. The molecule has 0 aliphatic heterocycles. The zero-order valence-corrected chi connectivity index (χ0v) is 12.7. The van der Waals surface area contributed by atoms with E-state index >= 15 is 0 Å². The predicted octanol–water partition coefficient (Wildman–Crippen LogP) is 3.51. The molecule has 0 heterocycles. The van der Waals surface area contributed by atoms with Crippen LogP contribution in [0.3, 0.4) is 0 Å². The van der Waals surface area contributed by atoms with Crippen LogP contribution in [0.1, 0.15) is 44.1 Å². The van der Waals surface area contributed by atoms with E-state index in [1.807, 2.05) is 18.2 Å². The van der Waals surface area contributed by atoms with E-state index in [9.17, 15) is 4.79 Å². The number of benzene rings is 1. The Morgan fingerprint density at radius 2 is 1.95 bits per heavy atom. The number of nitrogens with one attached hydrogen (secondary N) is 1. The van der Waals surface area contributed by atoms with Crippen molar-refractivity contribution < 1.29 is 9.90 Å². The molecule has 0 bridgehead atoms. The smallest absolute Gasteiger partial charge is 0.305 e. The van der Waals surface area contributed by atoms with Crippen LogP contribution in [0.4, 0.5) is 5.69 Å². The summed E-state index contributed by atoms with van der Waals surface area (Å²) in [6, 6.07) is 11.4. The zero-order valence-electron chi connectivity index (χ0n) is 12.7. The van der Waals surface area contributed by atoms with Gasteiger partial charge in [-0.3, -0.25) is 4.79 Å². The molecule has 2 N–H and O–H groups in total. The average molecular weight is 299 g/mol. The number of carbonyl (C=O) groups is 1. The summed E-state index contributed by atoms with van der Waals surface area (Å²) in [5, 5.41) is 30.1. The van der Waals surface area contributed by atoms with Gasteiger partial charge in [0.05, 0.1) is 30.4 Å². The van der Waals surface area contributed by atoms with Crippen molar-refractivity contribution in [3.63, 3.8) is 0 Å². The fraction of sp³-hybridized carbons (Fsp3) is 0.471. The zero-order chi connectivity index (χ0) is 16.4. The monoisotopic (exact) mass is 299 g/mol. The molecule has 2 atom stereocenters. The van der Waals surface area contributed by atoms with Crippen LogP contribution in [-0.2, 0) is 4.79 Å². The Morgan fingerprint density at radius 3 is 2.45 bits per heavy atom. The van der Waals surface area contributed by atoms with Gasteiger partial charge >= 0.3 is 5.97 Å². The van der Waals surface area contributed by atoms with Crippen LogP contribution in [-0.4, -0.2) is 17.6 Å². The maximum Gasteiger partial charge on any atom is 0.305 e. The van der Waals surface area contributed by atoms with Crippen molar-refractivity contribution in [3.8, 4) is 12.1 Å². The average Bonchev–Trinajstić information content (AvgIpc) is 2.53. The number of anilines is 1. The second kappa shape index (κ2) is 9.41. The molecule has 0 aliphatic rings. The van der Waals surface area contributed by atoms with Gasteiger partial charge in [-0.2, -0.15) is 10.5 Å². The number of nitriles is 2. The number of carboxylic acid groups (broad SMARTS) is 1. The SMILES string of the molecule is CCCCC(C#N)CNc1ccc(C(C#N)CC(=O)O)cc1. The lowest BCUT2D eigenvalue weighted by Gasteiger charge is -2.12. The first-order valence-corrected chi connectivity index (χ1v) is 7.45. The van der Waals surface area contributed by atoms with Crippen molar-refractivity contribution in [1.82, 2.24) is 0 Å². The van der Waals surface area contributed by atoms with Crippen LogP contribution in [0.15, 0.2) is 24.3 Å². The molecule has 0 aliphatic carbocycles. The molecule has 0 aromatic heterocycles. The topological polar surface area (TPSA) is 96.9 Å². The van der Waals surface area contributed by atoms with Crippen molar-refractivity contribution in [2.24, 2.45) is 5.92 Å². The summed E-state index contributed by atoms with van der Waals surface area (Å²) in [6.07, 6.45) is 2.80. The van der Waals surface area contributed by atoms with Crippen LogP contribution in [0.5, 0.6) is 0 Å². The number of aliphatic carboxylic acids is 1. The first-order valence-electron chi connectivity index (χ1n) is 7.45. The van der Waals surface area contributed by atoms with Gasteiger partial charge in [0.25, 0.3) is 0 Å². The fourth-order valence-electron chi connectivity index (χ4n) is 2.15. The number of unbranched alkanes of at least 4 members (excludes halogenated alkanes) is 1. The first kappa shape index (κ1) is 17.5. The van der Waals surface area contributed by atoms with Crippen LogP contribution in [0.25, 0.3) is 0 Å². The molecule has 1 rings (SSSR count). The van der Waals surface area contributed by atoms with Gasteiger partial charge in [-0.05, 0) is 24.1 Å². The molecular formula is C17H21N3O2. The minimum Gasteiger partial charge on any atom is -0.481 e. The van der Waals surface area contributed by atoms with E-state index in [-0.39, 0.29) is 12.3 Å². The molecule has 22 heavy (non-hydrogen) atoms. The van der Waals surface area contributed by atoms with Crippen molar-refractivity contribution in [1.29, 1.82) is 10.5 Å². The molecular weight excluding hydrogens is 278 g/mol. The standard InChI is InChI=1S/C17H21N3O2/c1-2-3-4-13(10-18)12-20-16-7-5-14(6-8-16)15(11-19)9-17(21)22/h5-8,13,15,20H,2-4,9,12H2,1H3,(H,21,22). The Kier molecular flexibility index (Phi) is 7.50. The summed E-state index contributed by atoms with van der Waals surface area (Å²) in [4.78, 5) is 10.7. The summed E-state index contributed by atoms with van der Waals surface area (Å²) in [7, 11) is 0. The predicted molar refractivity (Wildman–Crippen MR) is 84.2 cm³/mol. The van der Waals surface area contributed by atoms with E-state index in [1.54, 1.807) is 12.1 Å². The van der Waals surface area contributed by atoms with Crippen molar-refractivity contribution in [2.45, 2.75) is 38.5 Å². The van der Waals surface area contributed by atoms with E-state index < -0.39 is 11.9 Å². The summed E-state index contributed by atoms with van der Waals surface area (Å²) in [5.74, 6) is -1.64. The van der Waals surface area contributed by atoms with Gasteiger partial charge < -0.3 is 10.4 Å². The van der Waals surface area contributed by atoms with Gasteiger partial charge in [-0.15, -0.1) is 0 Å². The molecule has 1 aromatic rings. The lowest BCUT2D eigenvalue weighted by Crippen LogP contribution is -2.12. The highest BCUT2D eigenvalue weighted by Crippen LogP contribution is 2.21. The Morgan fingerprint density at radius 1 is 1.27 bits per heavy atom. The second-order valence-corrected chi connectivity index (χ2v) is 5.25. The summed E-state index contributed by atoms with van der Waals surface area (Å²) in [6.45, 7) is 2.69. The molecule has 0 amide bonds. The minimum atomic E-state index is -0.985. The van der Waals surface area contributed by atoms with Gasteiger partial charge in [-0.1, -0.05) is 31.9 Å². The largest absolute Gasteiger partial charge is 0.481 e. The highest BCUT2D eigenvalue weighted by Gasteiger charge is 2.14. The van der Waals surface area contributed by atoms with E-state index in [0.717, 1.165) is 24.9 Å². The molecule has 0 saturated heterocycles. The number of hydrogen-bond donors (Lipinski definition) is 2. The van der Waals surface area contributed by atoms with Gasteiger partial charge in [0.1, 0.15) is 0 Å². The maximum atomic E-state index is 10.7. The number of nitrogens with zero attached hydrogens (tertiary/aromatic N) is 2. The summed E-state index contributed by atoms with van der Waals surface area (Å²) < 4.78 is 0. The van der Waals surface area contributed by atoms with Crippen LogP contribution >= 0.6 is 0 Å². The second-order valence-electron chi connectivity index (χ2n) is 5.25. The number of rotatable bonds is 9. The molecule has 0 radical (unpaired) electrons. The fourth-order valence-corrected chi connectivity index (χ4v) is 2.15. The summed E-state index contributed by atoms with van der Waals surface area (Å²) in [5.41, 5.74) is 1.56. The first-order chi connectivity index (χ1) is 10.6. The minimum absolute atomic E-state index is 0.0153. The van der Waals surface area contributed by atoms with Crippen molar-refractivity contribution in [3.05, 3.63) is 29.8 Å². The lowest BCUT2D eigenvalue weighted by atomic mass is 9.97. The van der Waals surface area contributed by atoms with Crippen LogP contribution in [0.2, 0.25) is 0 Å². The third-order valence-electron chi connectivity index (χ3n) is 3.49. The molecule has 0 spiro atoms. The maximum absolute atomic E-state index is 10.7. The normalized spacial score (nSPS) is 12.7. The number of carboxylic acids is 1. The third kappa shape index (κ3) is 5.85. The van der Waals surface area contributed by atoms with E-state index in [2.05, 4.69) is 18.3 Å². The summed E-state index contributed by atoms with van der Waals surface area (Å²) >= 11 is 0. The van der Waals surface area contributed by atoms with Gasteiger partial charge in [0.2, 0.25) is 0 Å². The van der Waals surface area contributed by atoms with Gasteiger partial charge in [0.15, 0.2) is 0 Å². The Balaban J connectivity index is 2.59. The molecule has 0 saturated carbocycles. The molecule has 5 heteroatoms. The van der Waals surface area contributed by atoms with Crippen LogP contribution in [0, 0.1) is 28.6 Å². The third-order valence-corrected chi connectivity index (χ3v) is 3.49. The van der Waals surface area contributed by atoms with Crippen molar-refractivity contribution in [2.75, 3.05) is 11.9 Å². The Labute approximate surface area is 131 Å². The lowest BCUT2D eigenvalue weighted by molar-refractivity contribution is -0.137. The molecule has 116 valence electrons. The molecule has 1 aromatic carbocycles. The Bertz CT molecular complexity index is 555. The molecule has 5 nitrogen and oxygen atoms in total. The number of hydrogen-bond acceptors (Lipinski definition) is 4. The van der Waals surface area contributed by atoms with Crippen molar-refractivity contribution >= 4 is 11.7 Å². The van der Waals surface area contributed by atoms with Gasteiger partial charge in [-0.25, -0.2) is 0 Å². The van der Waals surface area contributed by atoms with Crippen LogP contribution < -0.4 is 5.32 Å². The Hall–Kier alpha value is -2.53. The molecule has 2 unspecified atom stereocenters. The highest BCUT2D eigenvalue weighted by molar-refractivity contribution is 5.68. The van der Waals surface area contributed by atoms with Gasteiger partial charge in [0, 0.05) is 12.2 Å².